The molecule has 0 spiro atoms. The normalized spacial score (nSPS) is 13.2. The molecule has 0 fully saturated rings. The molecule has 0 aliphatic carbocycles. The topological polar surface area (TPSA) is 96.4 Å². The van der Waals surface area contributed by atoms with Crippen LogP contribution in [0.1, 0.15) is 30.6 Å². The van der Waals surface area contributed by atoms with Crippen molar-refractivity contribution >= 4 is 29.4 Å². The molecule has 2 unspecified atom stereocenters. The van der Waals surface area contributed by atoms with Crippen LogP contribution >= 0.6 is 11.8 Å². The maximum Gasteiger partial charge on any atom is 0.327 e. The fourth-order valence-corrected chi connectivity index (χ4v) is 2.66. The number of hydrogen-bond donors (Lipinski definition) is 2. The Labute approximate surface area is 127 Å². The van der Waals surface area contributed by atoms with Crippen LogP contribution in [0.15, 0.2) is 24.5 Å². The van der Waals surface area contributed by atoms with Crippen LogP contribution in [0.3, 0.4) is 0 Å². The average Bonchev–Trinajstić information content (AvgIpc) is 2.43. The van der Waals surface area contributed by atoms with E-state index >= 15 is 0 Å². The van der Waals surface area contributed by atoms with E-state index in [0.29, 0.717) is 12.0 Å². The van der Waals surface area contributed by atoms with Crippen molar-refractivity contribution in [2.75, 3.05) is 5.75 Å². The van der Waals surface area contributed by atoms with Crippen molar-refractivity contribution in [1.82, 2.24) is 10.3 Å². The summed E-state index contributed by atoms with van der Waals surface area (Å²) in [6.07, 6.45) is 3.40. The Morgan fingerprint density at radius 2 is 2.14 bits per heavy atom. The lowest BCUT2D eigenvalue weighted by molar-refractivity contribution is -0.140. The molecule has 1 aromatic heterocycles. The highest BCUT2D eigenvalue weighted by atomic mass is 32.2. The third-order valence-corrected chi connectivity index (χ3v) is 3.94. The first-order valence-corrected chi connectivity index (χ1v) is 7.49. The lowest BCUT2D eigenvalue weighted by atomic mass is 10.1. The Kier molecular flexibility index (Phi) is 6.87. The Balaban J connectivity index is 2.46. The summed E-state index contributed by atoms with van der Waals surface area (Å²) in [6.45, 7) is 3.13. The Bertz CT molecular complexity index is 507. The molecule has 1 aromatic rings. The summed E-state index contributed by atoms with van der Waals surface area (Å²) in [5.41, 5.74) is 0.543. The van der Waals surface area contributed by atoms with Crippen LogP contribution in [0.2, 0.25) is 0 Å². The minimum atomic E-state index is -1.08. The lowest BCUT2D eigenvalue weighted by Crippen LogP contribution is -2.41. The zero-order valence-corrected chi connectivity index (χ0v) is 12.7. The summed E-state index contributed by atoms with van der Waals surface area (Å²) in [7, 11) is 0. The summed E-state index contributed by atoms with van der Waals surface area (Å²) < 4.78 is 0. The maximum atomic E-state index is 12.0. The van der Waals surface area contributed by atoms with E-state index in [2.05, 4.69) is 10.3 Å². The van der Waals surface area contributed by atoms with Crippen molar-refractivity contribution in [3.05, 3.63) is 30.1 Å². The van der Waals surface area contributed by atoms with Crippen LogP contribution in [0.4, 0.5) is 0 Å². The largest absolute Gasteiger partial charge is 0.480 e. The highest BCUT2D eigenvalue weighted by Crippen LogP contribution is 2.18. The number of thioether (sulfide) groups is 1. The van der Waals surface area contributed by atoms with Crippen LogP contribution in [-0.2, 0) is 9.59 Å². The molecule has 7 heteroatoms. The van der Waals surface area contributed by atoms with Gasteiger partial charge in [0.25, 0.3) is 0 Å². The van der Waals surface area contributed by atoms with Crippen LogP contribution < -0.4 is 5.32 Å². The molecule has 0 aliphatic heterocycles. The van der Waals surface area contributed by atoms with Gasteiger partial charge in [0.05, 0.1) is 0 Å². The fraction of sp³-hybridized carbons (Fsp3) is 0.429. The van der Waals surface area contributed by atoms with Gasteiger partial charge in [-0.1, -0.05) is 6.92 Å². The molecule has 1 amide bonds. The number of carbonyl (C=O) groups excluding carboxylic acids is 2. The zero-order valence-electron chi connectivity index (χ0n) is 11.9. The number of carbonyl (C=O) groups is 3. The first kappa shape index (κ1) is 17.2. The molecule has 2 atom stereocenters. The van der Waals surface area contributed by atoms with E-state index in [9.17, 15) is 14.4 Å². The molecule has 0 aromatic carbocycles. The van der Waals surface area contributed by atoms with E-state index in [1.54, 1.807) is 18.3 Å². The molecule has 21 heavy (non-hydrogen) atoms. The second-order valence-corrected chi connectivity index (χ2v) is 6.08. The van der Waals surface area contributed by atoms with Crippen molar-refractivity contribution in [3.63, 3.8) is 0 Å². The zero-order chi connectivity index (χ0) is 15.8. The molecule has 6 nitrogen and oxygen atoms in total. The number of nitrogens with one attached hydrogen (secondary N) is 1. The first-order valence-electron chi connectivity index (χ1n) is 6.45. The quantitative estimate of drug-likeness (QED) is 0.704. The Morgan fingerprint density at radius 3 is 2.67 bits per heavy atom. The standard InChI is InChI=1S/C14H18N2O4S/c1-9(6-13(18)11-4-3-5-15-7-11)21-8-12(14(19)20)16-10(2)17/h3-5,7,9,12H,6,8H2,1-2H3,(H,16,17)(H,19,20). The summed E-state index contributed by atoms with van der Waals surface area (Å²) in [4.78, 5) is 37.8. The van der Waals surface area contributed by atoms with Gasteiger partial charge >= 0.3 is 5.97 Å². The van der Waals surface area contributed by atoms with Gasteiger partial charge in [0, 0.05) is 42.3 Å². The van der Waals surface area contributed by atoms with Gasteiger partial charge in [-0.25, -0.2) is 4.79 Å². The van der Waals surface area contributed by atoms with Gasteiger partial charge in [-0.3, -0.25) is 14.6 Å². The average molecular weight is 310 g/mol. The van der Waals surface area contributed by atoms with Crippen molar-refractivity contribution in [3.8, 4) is 0 Å². The van der Waals surface area contributed by atoms with E-state index in [0.717, 1.165) is 0 Å². The van der Waals surface area contributed by atoms with Gasteiger partial charge in [-0.2, -0.15) is 11.8 Å². The summed E-state index contributed by atoms with van der Waals surface area (Å²) in [5, 5.41) is 11.3. The number of carboxylic acid groups (broad SMARTS) is 1. The third-order valence-electron chi connectivity index (χ3n) is 2.68. The summed E-state index contributed by atoms with van der Waals surface area (Å²) in [6, 6.07) is 2.45. The maximum absolute atomic E-state index is 12.0. The molecule has 0 aliphatic rings. The molecular weight excluding hydrogens is 292 g/mol. The number of aromatic nitrogens is 1. The molecule has 114 valence electrons. The monoisotopic (exact) mass is 310 g/mol. The first-order chi connectivity index (χ1) is 9.90. The van der Waals surface area contributed by atoms with Gasteiger partial charge in [-0.05, 0) is 12.1 Å². The number of Topliss-reactive ketones (excluding diaryl/α,β-unsaturated/α-hetero) is 1. The lowest BCUT2D eigenvalue weighted by Gasteiger charge is -2.16. The predicted molar refractivity (Wildman–Crippen MR) is 80.3 cm³/mol. The van der Waals surface area contributed by atoms with Gasteiger partial charge < -0.3 is 10.4 Å². The molecule has 0 saturated carbocycles. The minimum absolute atomic E-state index is 0.0329. The highest BCUT2D eigenvalue weighted by Gasteiger charge is 2.20. The van der Waals surface area contributed by atoms with Gasteiger partial charge in [-0.15, -0.1) is 0 Å². The molecular formula is C14H18N2O4S. The Morgan fingerprint density at radius 1 is 1.43 bits per heavy atom. The van der Waals surface area contributed by atoms with E-state index in [1.807, 2.05) is 6.92 Å². The highest BCUT2D eigenvalue weighted by molar-refractivity contribution is 7.99. The van der Waals surface area contributed by atoms with E-state index < -0.39 is 12.0 Å². The van der Waals surface area contributed by atoms with E-state index in [4.69, 9.17) is 5.11 Å². The van der Waals surface area contributed by atoms with Crippen LogP contribution in [0.25, 0.3) is 0 Å². The SMILES string of the molecule is CC(=O)NC(CSC(C)CC(=O)c1cccnc1)C(=O)O. The van der Waals surface area contributed by atoms with E-state index in [1.165, 1.54) is 24.9 Å². The van der Waals surface area contributed by atoms with Crippen molar-refractivity contribution in [2.24, 2.45) is 0 Å². The summed E-state index contributed by atoms with van der Waals surface area (Å²) in [5.74, 6) is -1.28. The molecule has 0 saturated heterocycles. The fourth-order valence-electron chi connectivity index (χ4n) is 1.65. The predicted octanol–water partition coefficient (Wildman–Crippen LogP) is 1.37. The van der Waals surface area contributed by atoms with Gasteiger partial charge in [0.15, 0.2) is 5.78 Å². The van der Waals surface area contributed by atoms with Crippen molar-refractivity contribution in [1.29, 1.82) is 0 Å². The number of rotatable bonds is 8. The number of amides is 1. The number of aliphatic carboxylic acids is 1. The van der Waals surface area contributed by atoms with Gasteiger partial charge in [0.1, 0.15) is 6.04 Å². The second-order valence-electron chi connectivity index (χ2n) is 4.60. The van der Waals surface area contributed by atoms with E-state index in [-0.39, 0.29) is 22.7 Å². The number of nitrogens with zero attached hydrogens (tertiary/aromatic N) is 1. The molecule has 0 bridgehead atoms. The number of pyridine rings is 1. The second kappa shape index (κ2) is 8.41. The minimum Gasteiger partial charge on any atom is -0.480 e. The molecule has 2 N–H and O–H groups in total. The number of carboxylic acids is 1. The van der Waals surface area contributed by atoms with Crippen LogP contribution in [-0.4, -0.2) is 44.8 Å². The van der Waals surface area contributed by atoms with Crippen LogP contribution in [0.5, 0.6) is 0 Å². The smallest absolute Gasteiger partial charge is 0.327 e. The Hall–Kier alpha value is -1.89. The molecule has 1 rings (SSSR count). The molecule has 0 radical (unpaired) electrons. The van der Waals surface area contributed by atoms with Crippen molar-refractivity contribution in [2.45, 2.75) is 31.6 Å². The number of ketones is 1. The summed E-state index contributed by atoms with van der Waals surface area (Å²) >= 11 is 1.34. The molecule has 1 heterocycles. The third kappa shape index (κ3) is 6.40. The number of hydrogen-bond acceptors (Lipinski definition) is 5. The van der Waals surface area contributed by atoms with Crippen molar-refractivity contribution < 1.29 is 19.5 Å². The van der Waals surface area contributed by atoms with Crippen LogP contribution in [0, 0.1) is 0 Å². The van der Waals surface area contributed by atoms with Gasteiger partial charge in [0.2, 0.25) is 5.91 Å².